The molecule has 1 aliphatic rings. The van der Waals surface area contributed by atoms with Crippen LogP contribution in [0.25, 0.3) is 0 Å². The Bertz CT molecular complexity index is 217. The Balaban J connectivity index is 2.93. The Morgan fingerprint density at radius 2 is 1.83 bits per heavy atom. The molecule has 0 bridgehead atoms. The fraction of sp³-hybridized carbons (Fsp3) is 0.800. The fourth-order valence-electron chi connectivity index (χ4n) is 0.989. The molecule has 0 spiro atoms. The highest BCUT2D eigenvalue weighted by Crippen LogP contribution is 2.44. The zero-order valence-electron chi connectivity index (χ0n) is 5.86. The monoisotopic (exact) mass is 186 g/mol. The van der Waals surface area contributed by atoms with Gasteiger partial charge in [0.1, 0.15) is 0 Å². The van der Waals surface area contributed by atoms with Gasteiger partial charge in [-0.2, -0.15) is 17.6 Å². The van der Waals surface area contributed by atoms with Gasteiger partial charge in [-0.1, -0.05) is 0 Å². The van der Waals surface area contributed by atoms with Gasteiger partial charge in [0, 0.05) is 13.0 Å². The summed E-state index contributed by atoms with van der Waals surface area (Å²) in [4.78, 5) is 9.91. The normalized spacial score (nSPS) is 25.8. The molecule has 12 heavy (non-hydrogen) atoms. The maximum Gasteiger partial charge on any atom is 0.392 e. The summed E-state index contributed by atoms with van der Waals surface area (Å²) in [5.74, 6) is -4.16. The van der Waals surface area contributed by atoms with Crippen molar-refractivity contribution in [3.8, 4) is 0 Å². The standard InChI is InChI=1S/C5H6F4N2O/c6-4(7)1-2-11(3(10)12)5(4,8)9/h1-2H2,(H2,10,12). The van der Waals surface area contributed by atoms with Gasteiger partial charge in [-0.25, -0.2) is 4.79 Å². The van der Waals surface area contributed by atoms with E-state index in [2.05, 4.69) is 5.73 Å². The number of alkyl halides is 4. The van der Waals surface area contributed by atoms with Crippen LogP contribution in [0.4, 0.5) is 22.4 Å². The smallest absolute Gasteiger partial charge is 0.351 e. The van der Waals surface area contributed by atoms with Crippen molar-refractivity contribution in [3.63, 3.8) is 0 Å². The van der Waals surface area contributed by atoms with E-state index in [1.54, 1.807) is 0 Å². The fourth-order valence-corrected chi connectivity index (χ4v) is 0.989. The number of nitrogens with two attached hydrogens (primary N) is 1. The van der Waals surface area contributed by atoms with Crippen LogP contribution in [-0.2, 0) is 0 Å². The quantitative estimate of drug-likeness (QED) is 0.445. The van der Waals surface area contributed by atoms with Crippen LogP contribution in [0.3, 0.4) is 0 Å². The van der Waals surface area contributed by atoms with Gasteiger partial charge in [-0.15, -0.1) is 0 Å². The number of hydrogen-bond donors (Lipinski definition) is 1. The number of nitrogens with zero attached hydrogens (tertiary/aromatic N) is 1. The Morgan fingerprint density at radius 1 is 1.33 bits per heavy atom. The lowest BCUT2D eigenvalue weighted by Gasteiger charge is -2.24. The largest absolute Gasteiger partial charge is 0.392 e. The number of rotatable bonds is 0. The molecule has 0 aromatic carbocycles. The van der Waals surface area contributed by atoms with Crippen LogP contribution in [0.1, 0.15) is 6.42 Å². The number of carbonyl (C=O) groups is 1. The Labute approximate surface area is 65.1 Å². The van der Waals surface area contributed by atoms with E-state index in [9.17, 15) is 22.4 Å². The summed E-state index contributed by atoms with van der Waals surface area (Å²) in [5.41, 5.74) is 4.47. The number of hydrogen-bond acceptors (Lipinski definition) is 1. The Kier molecular flexibility index (Phi) is 1.69. The van der Waals surface area contributed by atoms with Crippen LogP contribution in [-0.4, -0.2) is 29.4 Å². The average molecular weight is 186 g/mol. The molecule has 0 radical (unpaired) electrons. The van der Waals surface area contributed by atoms with E-state index in [1.807, 2.05) is 0 Å². The number of amides is 2. The van der Waals surface area contributed by atoms with Crippen LogP contribution in [0.5, 0.6) is 0 Å². The summed E-state index contributed by atoms with van der Waals surface area (Å²) >= 11 is 0. The van der Waals surface area contributed by atoms with Crippen LogP contribution in [0, 0.1) is 0 Å². The molecule has 7 heteroatoms. The summed E-state index contributed by atoms with van der Waals surface area (Å²) in [6.45, 7) is -0.713. The molecule has 1 heterocycles. The molecule has 0 saturated carbocycles. The van der Waals surface area contributed by atoms with Gasteiger partial charge in [0.2, 0.25) is 0 Å². The van der Waals surface area contributed by atoms with Crippen molar-refractivity contribution in [2.24, 2.45) is 5.73 Å². The van der Waals surface area contributed by atoms with E-state index in [0.717, 1.165) is 0 Å². The van der Waals surface area contributed by atoms with Crippen LogP contribution in [0.15, 0.2) is 0 Å². The summed E-state index contributed by atoms with van der Waals surface area (Å²) < 4.78 is 49.7. The van der Waals surface area contributed by atoms with Crippen LogP contribution >= 0.6 is 0 Å². The second kappa shape index (κ2) is 2.24. The van der Waals surface area contributed by atoms with Crippen molar-refractivity contribution in [3.05, 3.63) is 0 Å². The number of urea groups is 1. The van der Waals surface area contributed by atoms with Crippen molar-refractivity contribution >= 4 is 6.03 Å². The predicted molar refractivity (Wildman–Crippen MR) is 30.8 cm³/mol. The molecule has 0 unspecified atom stereocenters. The Hall–Kier alpha value is -1.01. The van der Waals surface area contributed by atoms with Crippen molar-refractivity contribution in [2.45, 2.75) is 18.4 Å². The highest BCUT2D eigenvalue weighted by molar-refractivity contribution is 5.73. The molecule has 2 amide bonds. The second-order valence-electron chi connectivity index (χ2n) is 2.49. The highest BCUT2D eigenvalue weighted by Gasteiger charge is 2.66. The molecular formula is C5H6F4N2O. The van der Waals surface area contributed by atoms with Gasteiger partial charge in [0.05, 0.1) is 0 Å². The topological polar surface area (TPSA) is 46.3 Å². The first-order valence-corrected chi connectivity index (χ1v) is 3.12. The van der Waals surface area contributed by atoms with Crippen molar-refractivity contribution in [1.29, 1.82) is 0 Å². The van der Waals surface area contributed by atoms with E-state index < -0.39 is 31.0 Å². The van der Waals surface area contributed by atoms with E-state index in [4.69, 9.17) is 0 Å². The average Bonchev–Trinajstić information content (AvgIpc) is 2.03. The molecule has 2 N–H and O–H groups in total. The molecule has 0 aromatic heterocycles. The van der Waals surface area contributed by atoms with E-state index in [0.29, 0.717) is 0 Å². The third-order valence-corrected chi connectivity index (χ3v) is 1.69. The molecule has 1 rings (SSSR count). The van der Waals surface area contributed by atoms with Crippen LogP contribution in [0.2, 0.25) is 0 Å². The molecule has 0 atom stereocenters. The van der Waals surface area contributed by atoms with E-state index in [1.165, 1.54) is 0 Å². The molecular weight excluding hydrogens is 180 g/mol. The van der Waals surface area contributed by atoms with Gasteiger partial charge < -0.3 is 5.73 Å². The molecule has 1 saturated heterocycles. The van der Waals surface area contributed by atoms with Crippen molar-refractivity contribution in [1.82, 2.24) is 4.90 Å². The van der Waals surface area contributed by atoms with E-state index >= 15 is 0 Å². The predicted octanol–water partition coefficient (Wildman–Crippen LogP) is 0.999. The number of likely N-dealkylation sites (tertiary alicyclic amines) is 1. The zero-order valence-corrected chi connectivity index (χ0v) is 5.86. The van der Waals surface area contributed by atoms with Crippen molar-refractivity contribution in [2.75, 3.05) is 6.54 Å². The zero-order chi connectivity index (χ0) is 9.57. The van der Waals surface area contributed by atoms with Crippen LogP contribution < -0.4 is 5.73 Å². The molecule has 1 fully saturated rings. The molecule has 1 aliphatic heterocycles. The number of primary amides is 1. The number of halogens is 4. The van der Waals surface area contributed by atoms with E-state index in [-0.39, 0.29) is 4.90 Å². The SMILES string of the molecule is NC(=O)N1CCC(F)(F)C1(F)F. The lowest BCUT2D eigenvalue weighted by atomic mass is 10.3. The van der Waals surface area contributed by atoms with Gasteiger partial charge in [0.25, 0.3) is 0 Å². The first-order valence-electron chi connectivity index (χ1n) is 3.12. The first kappa shape index (κ1) is 9.08. The lowest BCUT2D eigenvalue weighted by molar-refractivity contribution is -0.233. The van der Waals surface area contributed by atoms with Gasteiger partial charge in [-0.05, 0) is 0 Å². The highest BCUT2D eigenvalue weighted by atomic mass is 19.3. The molecule has 0 aliphatic carbocycles. The summed E-state index contributed by atoms with van der Waals surface area (Å²) in [6, 6.07) is -5.98. The molecule has 0 aromatic rings. The summed E-state index contributed by atoms with van der Waals surface area (Å²) in [5, 5.41) is 0. The lowest BCUT2D eigenvalue weighted by Crippen LogP contribution is -2.50. The minimum absolute atomic E-state index is 0.326. The third-order valence-electron chi connectivity index (χ3n) is 1.69. The summed E-state index contributed by atoms with van der Waals surface area (Å²) in [7, 11) is 0. The second-order valence-corrected chi connectivity index (χ2v) is 2.49. The maximum absolute atomic E-state index is 12.5. The van der Waals surface area contributed by atoms with Crippen molar-refractivity contribution < 1.29 is 22.4 Å². The van der Waals surface area contributed by atoms with Gasteiger partial charge >= 0.3 is 18.0 Å². The summed E-state index contributed by atoms with van der Waals surface area (Å²) in [6.07, 6.45) is -1.05. The minimum Gasteiger partial charge on any atom is -0.351 e. The van der Waals surface area contributed by atoms with Gasteiger partial charge in [0.15, 0.2) is 0 Å². The van der Waals surface area contributed by atoms with Gasteiger partial charge in [-0.3, -0.25) is 4.90 Å². The first-order chi connectivity index (χ1) is 5.29. The molecule has 3 nitrogen and oxygen atoms in total. The molecule has 70 valence electrons. The number of carbonyl (C=O) groups excluding carboxylic acids is 1. The Morgan fingerprint density at radius 3 is 2.00 bits per heavy atom. The minimum atomic E-state index is -4.45. The maximum atomic E-state index is 12.5. The third kappa shape index (κ3) is 0.997.